The Balaban J connectivity index is 2.38. The van der Waals surface area contributed by atoms with Crippen molar-refractivity contribution in [3.63, 3.8) is 0 Å². The molecule has 0 atom stereocenters. The van der Waals surface area contributed by atoms with Gasteiger partial charge in [-0.05, 0) is 19.9 Å². The van der Waals surface area contributed by atoms with E-state index in [-0.39, 0.29) is 12.0 Å². The molecule has 1 aliphatic heterocycles. The highest BCUT2D eigenvalue weighted by molar-refractivity contribution is 4.83. The van der Waals surface area contributed by atoms with Crippen LogP contribution in [0.5, 0.6) is 0 Å². The summed E-state index contributed by atoms with van der Waals surface area (Å²) in [6.45, 7) is 0.818. The second-order valence-electron chi connectivity index (χ2n) is 4.25. The average molecular weight is 241 g/mol. The van der Waals surface area contributed by atoms with Gasteiger partial charge < -0.3 is 14.8 Å². The van der Waals surface area contributed by atoms with Crippen LogP contribution in [0.2, 0.25) is 0 Å². The van der Waals surface area contributed by atoms with Crippen molar-refractivity contribution in [1.29, 1.82) is 0 Å². The molecule has 3 nitrogen and oxygen atoms in total. The lowest BCUT2D eigenvalue weighted by Crippen LogP contribution is -2.42. The van der Waals surface area contributed by atoms with Crippen LogP contribution in [0.1, 0.15) is 12.8 Å². The van der Waals surface area contributed by atoms with E-state index in [2.05, 4.69) is 5.32 Å². The maximum atomic E-state index is 12.0. The van der Waals surface area contributed by atoms with Crippen LogP contribution in [0.25, 0.3) is 0 Å². The first-order valence-electron chi connectivity index (χ1n) is 5.34. The second-order valence-corrected chi connectivity index (χ2v) is 4.25. The van der Waals surface area contributed by atoms with Crippen LogP contribution in [0, 0.1) is 5.41 Å². The Hall–Kier alpha value is -0.330. The van der Waals surface area contributed by atoms with Gasteiger partial charge in [-0.1, -0.05) is 0 Å². The predicted molar refractivity (Wildman–Crippen MR) is 53.3 cm³/mol. The van der Waals surface area contributed by atoms with Crippen LogP contribution in [0.3, 0.4) is 0 Å². The fraction of sp³-hybridized carbons (Fsp3) is 1.00. The third-order valence-corrected chi connectivity index (χ3v) is 2.78. The summed E-state index contributed by atoms with van der Waals surface area (Å²) >= 11 is 0. The van der Waals surface area contributed by atoms with Crippen molar-refractivity contribution in [2.45, 2.75) is 19.0 Å². The minimum Gasteiger partial charge on any atom is -0.381 e. The molecule has 0 bridgehead atoms. The Labute approximate surface area is 93.3 Å². The molecule has 0 aliphatic carbocycles. The van der Waals surface area contributed by atoms with Gasteiger partial charge >= 0.3 is 6.18 Å². The number of hydrogen-bond donors (Lipinski definition) is 1. The van der Waals surface area contributed by atoms with Crippen molar-refractivity contribution >= 4 is 0 Å². The van der Waals surface area contributed by atoms with Crippen molar-refractivity contribution in [2.24, 2.45) is 5.41 Å². The molecule has 1 rings (SSSR count). The molecule has 1 fully saturated rings. The van der Waals surface area contributed by atoms with Gasteiger partial charge in [0, 0.05) is 25.2 Å². The number of ether oxygens (including phenoxy) is 2. The van der Waals surface area contributed by atoms with E-state index in [1.165, 1.54) is 0 Å². The molecule has 0 aromatic carbocycles. The summed E-state index contributed by atoms with van der Waals surface area (Å²) in [4.78, 5) is 0. The van der Waals surface area contributed by atoms with E-state index in [1.54, 1.807) is 7.05 Å². The molecule has 0 aromatic rings. The van der Waals surface area contributed by atoms with Crippen molar-refractivity contribution in [3.8, 4) is 0 Å². The lowest BCUT2D eigenvalue weighted by atomic mass is 9.81. The van der Waals surface area contributed by atoms with Crippen molar-refractivity contribution in [3.05, 3.63) is 0 Å². The first-order chi connectivity index (χ1) is 7.47. The molecular weight excluding hydrogens is 223 g/mol. The fourth-order valence-electron chi connectivity index (χ4n) is 1.93. The summed E-state index contributed by atoms with van der Waals surface area (Å²) in [5.41, 5.74) is -0.210. The smallest absolute Gasteiger partial charge is 0.381 e. The SMILES string of the molecule is CNCC1(COCC(F)(F)F)CCOCC1. The minimum atomic E-state index is -4.24. The van der Waals surface area contributed by atoms with E-state index in [9.17, 15) is 13.2 Å². The number of rotatable bonds is 5. The Morgan fingerprint density at radius 1 is 1.31 bits per heavy atom. The number of halogens is 3. The molecule has 0 spiro atoms. The Kier molecular flexibility index (Phi) is 5.01. The van der Waals surface area contributed by atoms with Crippen molar-refractivity contribution < 1.29 is 22.6 Å². The monoisotopic (exact) mass is 241 g/mol. The molecule has 16 heavy (non-hydrogen) atoms. The van der Waals surface area contributed by atoms with Gasteiger partial charge in [-0.25, -0.2) is 0 Å². The van der Waals surface area contributed by atoms with Gasteiger partial charge in [0.2, 0.25) is 0 Å². The third-order valence-electron chi connectivity index (χ3n) is 2.78. The zero-order valence-corrected chi connectivity index (χ0v) is 9.40. The average Bonchev–Trinajstić information content (AvgIpc) is 2.17. The maximum Gasteiger partial charge on any atom is 0.411 e. The summed E-state index contributed by atoms with van der Waals surface area (Å²) in [7, 11) is 1.79. The zero-order valence-electron chi connectivity index (χ0n) is 9.40. The van der Waals surface area contributed by atoms with E-state index < -0.39 is 12.8 Å². The van der Waals surface area contributed by atoms with Crippen LogP contribution in [-0.4, -0.2) is 46.2 Å². The van der Waals surface area contributed by atoms with E-state index in [0.717, 1.165) is 12.8 Å². The van der Waals surface area contributed by atoms with Gasteiger partial charge in [0.15, 0.2) is 0 Å². The van der Waals surface area contributed by atoms with Gasteiger partial charge in [0.05, 0.1) is 6.61 Å². The van der Waals surface area contributed by atoms with E-state index in [4.69, 9.17) is 9.47 Å². The van der Waals surface area contributed by atoms with Crippen LogP contribution >= 0.6 is 0 Å². The molecule has 0 aromatic heterocycles. The Bertz CT molecular complexity index is 197. The lowest BCUT2D eigenvalue weighted by Gasteiger charge is -2.36. The van der Waals surface area contributed by atoms with Gasteiger partial charge in [0.25, 0.3) is 0 Å². The standard InChI is InChI=1S/C10H18F3NO2/c1-14-6-9(2-4-15-5-3-9)7-16-8-10(11,12)13/h14H,2-8H2,1H3. The second kappa shape index (κ2) is 5.84. The first kappa shape index (κ1) is 13.7. The topological polar surface area (TPSA) is 30.5 Å². The predicted octanol–water partition coefficient (Wildman–Crippen LogP) is 1.58. The third kappa shape index (κ3) is 4.67. The largest absolute Gasteiger partial charge is 0.411 e. The molecular formula is C10H18F3NO2. The van der Waals surface area contributed by atoms with Gasteiger partial charge in [-0.2, -0.15) is 13.2 Å². The molecule has 1 aliphatic rings. The highest BCUT2D eigenvalue weighted by atomic mass is 19.4. The lowest BCUT2D eigenvalue weighted by molar-refractivity contribution is -0.184. The molecule has 96 valence electrons. The highest BCUT2D eigenvalue weighted by Crippen LogP contribution is 2.30. The fourth-order valence-corrected chi connectivity index (χ4v) is 1.93. The molecule has 0 amide bonds. The quantitative estimate of drug-likeness (QED) is 0.792. The van der Waals surface area contributed by atoms with Gasteiger partial charge in [-0.15, -0.1) is 0 Å². The van der Waals surface area contributed by atoms with E-state index in [0.29, 0.717) is 19.8 Å². The van der Waals surface area contributed by atoms with Crippen LogP contribution in [-0.2, 0) is 9.47 Å². The number of hydrogen-bond acceptors (Lipinski definition) is 3. The summed E-state index contributed by atoms with van der Waals surface area (Å²) in [6, 6.07) is 0. The zero-order chi connectivity index (χ0) is 12.1. The summed E-state index contributed by atoms with van der Waals surface area (Å²) in [6.07, 6.45) is -2.76. The number of nitrogens with one attached hydrogen (secondary N) is 1. The van der Waals surface area contributed by atoms with Crippen LogP contribution < -0.4 is 5.32 Å². The first-order valence-corrected chi connectivity index (χ1v) is 5.34. The molecule has 0 unspecified atom stereocenters. The Morgan fingerprint density at radius 3 is 2.44 bits per heavy atom. The summed E-state index contributed by atoms with van der Waals surface area (Å²) < 4.78 is 45.9. The summed E-state index contributed by atoms with van der Waals surface area (Å²) in [5.74, 6) is 0. The van der Waals surface area contributed by atoms with Crippen LogP contribution in [0.4, 0.5) is 13.2 Å². The van der Waals surface area contributed by atoms with Crippen molar-refractivity contribution in [1.82, 2.24) is 5.32 Å². The molecule has 1 heterocycles. The molecule has 1 saturated heterocycles. The van der Waals surface area contributed by atoms with E-state index in [1.807, 2.05) is 0 Å². The van der Waals surface area contributed by atoms with Crippen LogP contribution in [0.15, 0.2) is 0 Å². The van der Waals surface area contributed by atoms with E-state index >= 15 is 0 Å². The summed E-state index contributed by atoms with van der Waals surface area (Å²) in [5, 5.41) is 3.01. The van der Waals surface area contributed by atoms with Crippen molar-refractivity contribution in [2.75, 3.05) is 40.0 Å². The normalized spacial score (nSPS) is 21.0. The van der Waals surface area contributed by atoms with Gasteiger partial charge in [0.1, 0.15) is 6.61 Å². The van der Waals surface area contributed by atoms with Gasteiger partial charge in [-0.3, -0.25) is 0 Å². The minimum absolute atomic E-state index is 0.136. The maximum absolute atomic E-state index is 12.0. The number of alkyl halides is 3. The Morgan fingerprint density at radius 2 is 1.94 bits per heavy atom. The molecule has 0 saturated carbocycles. The molecule has 0 radical (unpaired) electrons. The molecule has 6 heteroatoms. The highest BCUT2D eigenvalue weighted by Gasteiger charge is 2.34. The molecule has 1 N–H and O–H groups in total.